The summed E-state index contributed by atoms with van der Waals surface area (Å²) >= 11 is 1.19. The number of hydrogen-bond donors (Lipinski definition) is 1. The molecule has 0 bridgehead atoms. The van der Waals surface area contributed by atoms with Crippen molar-refractivity contribution in [2.45, 2.75) is 37.6 Å². The van der Waals surface area contributed by atoms with E-state index in [0.29, 0.717) is 12.2 Å². The summed E-state index contributed by atoms with van der Waals surface area (Å²) in [6, 6.07) is 7.10. The maximum absolute atomic E-state index is 12.7. The van der Waals surface area contributed by atoms with Gasteiger partial charge in [-0.1, -0.05) is 12.1 Å². The van der Waals surface area contributed by atoms with Crippen LogP contribution in [0.15, 0.2) is 34.7 Å². The van der Waals surface area contributed by atoms with Gasteiger partial charge in [-0.2, -0.15) is 4.31 Å². The molecule has 0 saturated heterocycles. The normalized spacial score (nSPS) is 12.2. The molecule has 2 N–H and O–H groups in total. The summed E-state index contributed by atoms with van der Waals surface area (Å²) in [5, 5.41) is 0.741. The highest BCUT2D eigenvalue weighted by atomic mass is 32.2. The number of nitrogens with zero attached hydrogens (tertiary/aromatic N) is 2. The van der Waals surface area contributed by atoms with Crippen LogP contribution in [-0.4, -0.2) is 23.7 Å². The Labute approximate surface area is 129 Å². The highest BCUT2D eigenvalue weighted by Gasteiger charge is 2.28. The topological polar surface area (TPSA) is 76.3 Å². The minimum atomic E-state index is -3.53. The Hall–Kier alpha value is -1.44. The Morgan fingerprint density at radius 3 is 2.38 bits per heavy atom. The van der Waals surface area contributed by atoms with E-state index in [1.165, 1.54) is 21.8 Å². The Bertz CT molecular complexity index is 706. The second-order valence-electron chi connectivity index (χ2n) is 5.08. The molecule has 1 aromatic carbocycles. The molecular weight excluding hydrogens is 306 g/mol. The zero-order chi connectivity index (χ0) is 15.6. The van der Waals surface area contributed by atoms with Crippen LogP contribution in [0.4, 0.5) is 5.69 Å². The van der Waals surface area contributed by atoms with Crippen molar-refractivity contribution in [3.63, 3.8) is 0 Å². The van der Waals surface area contributed by atoms with Gasteiger partial charge in [0, 0.05) is 18.3 Å². The van der Waals surface area contributed by atoms with Gasteiger partial charge in [0.1, 0.15) is 0 Å². The van der Waals surface area contributed by atoms with Gasteiger partial charge in [0.15, 0.2) is 4.21 Å². The molecule has 1 aromatic heterocycles. The van der Waals surface area contributed by atoms with Crippen molar-refractivity contribution < 1.29 is 8.42 Å². The van der Waals surface area contributed by atoms with Gasteiger partial charge in [0.2, 0.25) is 0 Å². The van der Waals surface area contributed by atoms with Crippen molar-refractivity contribution >= 4 is 27.0 Å². The molecule has 2 aromatic rings. The molecule has 1 heterocycles. The van der Waals surface area contributed by atoms with Crippen LogP contribution >= 0.6 is 11.3 Å². The van der Waals surface area contributed by atoms with Crippen molar-refractivity contribution in [3.8, 4) is 0 Å². The van der Waals surface area contributed by atoms with E-state index in [-0.39, 0.29) is 10.3 Å². The first-order valence-corrected chi connectivity index (χ1v) is 8.85. The smallest absolute Gasteiger partial charge is 0.254 e. The highest BCUT2D eigenvalue weighted by Crippen LogP contribution is 2.25. The number of hydrogen-bond acceptors (Lipinski definition) is 5. The van der Waals surface area contributed by atoms with Crippen molar-refractivity contribution in [2.24, 2.45) is 0 Å². The lowest BCUT2D eigenvalue weighted by Crippen LogP contribution is -2.36. The number of nitrogen functional groups attached to an aromatic ring is 1. The molecule has 2 rings (SSSR count). The summed E-state index contributed by atoms with van der Waals surface area (Å²) in [4.78, 5) is 4.04. The Balaban J connectivity index is 2.32. The molecule has 114 valence electrons. The first-order valence-electron chi connectivity index (χ1n) is 6.59. The van der Waals surface area contributed by atoms with E-state index in [1.807, 2.05) is 26.0 Å². The maximum Gasteiger partial charge on any atom is 0.254 e. The zero-order valence-electron chi connectivity index (χ0n) is 12.3. The lowest BCUT2D eigenvalue weighted by molar-refractivity contribution is 0.349. The third-order valence-electron chi connectivity index (χ3n) is 3.06. The number of rotatable bonds is 5. The van der Waals surface area contributed by atoms with Crippen molar-refractivity contribution in [1.29, 1.82) is 0 Å². The highest BCUT2D eigenvalue weighted by molar-refractivity contribution is 7.91. The first-order chi connectivity index (χ1) is 9.80. The molecule has 0 atom stereocenters. The number of aryl methyl sites for hydroxylation is 1. The summed E-state index contributed by atoms with van der Waals surface area (Å²) in [6.07, 6.45) is 1.42. The lowest BCUT2D eigenvalue weighted by atomic mass is 10.2. The number of sulfonamides is 1. The van der Waals surface area contributed by atoms with Crippen LogP contribution in [0.3, 0.4) is 0 Å². The number of benzene rings is 1. The monoisotopic (exact) mass is 325 g/mol. The van der Waals surface area contributed by atoms with E-state index in [0.717, 1.165) is 10.6 Å². The molecule has 0 amide bonds. The molecule has 0 aliphatic rings. The van der Waals surface area contributed by atoms with Crippen LogP contribution in [0.5, 0.6) is 0 Å². The molecule has 21 heavy (non-hydrogen) atoms. The van der Waals surface area contributed by atoms with Crippen LogP contribution in [0, 0.1) is 6.92 Å². The SMILES string of the molecule is Cc1ncc(S(=O)(=O)N(Cc2ccc(N)cc2)C(C)C)s1. The zero-order valence-corrected chi connectivity index (χ0v) is 13.9. The molecule has 0 aliphatic carbocycles. The molecule has 0 aliphatic heterocycles. The molecule has 0 unspecified atom stereocenters. The lowest BCUT2D eigenvalue weighted by Gasteiger charge is -2.25. The van der Waals surface area contributed by atoms with Gasteiger partial charge in [-0.25, -0.2) is 13.4 Å². The maximum atomic E-state index is 12.7. The molecule has 0 saturated carbocycles. The van der Waals surface area contributed by atoms with Gasteiger partial charge >= 0.3 is 0 Å². The van der Waals surface area contributed by atoms with E-state index in [9.17, 15) is 8.42 Å². The van der Waals surface area contributed by atoms with Crippen LogP contribution < -0.4 is 5.73 Å². The average Bonchev–Trinajstić information content (AvgIpc) is 2.85. The van der Waals surface area contributed by atoms with Gasteiger partial charge < -0.3 is 5.73 Å². The first kappa shape index (κ1) is 15.9. The molecule has 0 spiro atoms. The van der Waals surface area contributed by atoms with Crippen molar-refractivity contribution in [1.82, 2.24) is 9.29 Å². The molecule has 5 nitrogen and oxygen atoms in total. The Morgan fingerprint density at radius 2 is 1.90 bits per heavy atom. The summed E-state index contributed by atoms with van der Waals surface area (Å²) in [6.45, 7) is 5.84. The molecule has 0 fully saturated rings. The number of anilines is 1. The van der Waals surface area contributed by atoms with Gasteiger partial charge in [0.25, 0.3) is 10.0 Å². The van der Waals surface area contributed by atoms with Crippen LogP contribution in [-0.2, 0) is 16.6 Å². The Kier molecular flexibility index (Phi) is 4.65. The van der Waals surface area contributed by atoms with E-state index in [1.54, 1.807) is 19.1 Å². The second kappa shape index (κ2) is 6.13. The predicted octanol–water partition coefficient (Wildman–Crippen LogP) is 2.63. The average molecular weight is 325 g/mol. The van der Waals surface area contributed by atoms with Gasteiger partial charge in [-0.3, -0.25) is 0 Å². The van der Waals surface area contributed by atoms with Crippen LogP contribution in [0.1, 0.15) is 24.4 Å². The van der Waals surface area contributed by atoms with E-state index >= 15 is 0 Å². The third kappa shape index (κ3) is 3.61. The van der Waals surface area contributed by atoms with Gasteiger partial charge in [-0.05, 0) is 38.5 Å². The molecular formula is C14H19N3O2S2. The number of aromatic nitrogens is 1. The van der Waals surface area contributed by atoms with E-state index < -0.39 is 10.0 Å². The van der Waals surface area contributed by atoms with E-state index in [2.05, 4.69) is 4.98 Å². The Morgan fingerprint density at radius 1 is 1.29 bits per heavy atom. The second-order valence-corrected chi connectivity index (χ2v) is 8.44. The summed E-state index contributed by atoms with van der Waals surface area (Å²) in [5.74, 6) is 0. The molecule has 7 heteroatoms. The minimum absolute atomic E-state index is 0.144. The quantitative estimate of drug-likeness (QED) is 0.857. The summed E-state index contributed by atoms with van der Waals surface area (Å²) in [7, 11) is -3.53. The van der Waals surface area contributed by atoms with E-state index in [4.69, 9.17) is 5.73 Å². The summed E-state index contributed by atoms with van der Waals surface area (Å²) in [5.41, 5.74) is 7.23. The fraction of sp³-hybridized carbons (Fsp3) is 0.357. The summed E-state index contributed by atoms with van der Waals surface area (Å²) < 4.78 is 27.2. The standard InChI is InChI=1S/C14H19N3O2S2/c1-10(2)17(9-12-4-6-13(15)7-5-12)21(18,19)14-8-16-11(3)20-14/h4-8,10H,9,15H2,1-3H3. The third-order valence-corrected chi connectivity index (χ3v) is 6.43. The van der Waals surface area contributed by atoms with Crippen molar-refractivity contribution in [3.05, 3.63) is 41.0 Å². The van der Waals surface area contributed by atoms with Crippen molar-refractivity contribution in [2.75, 3.05) is 5.73 Å². The number of thiazole rings is 1. The minimum Gasteiger partial charge on any atom is -0.399 e. The number of nitrogens with two attached hydrogens (primary N) is 1. The fourth-order valence-electron chi connectivity index (χ4n) is 1.92. The van der Waals surface area contributed by atoms with Crippen LogP contribution in [0.2, 0.25) is 0 Å². The van der Waals surface area contributed by atoms with Gasteiger partial charge in [-0.15, -0.1) is 11.3 Å². The van der Waals surface area contributed by atoms with Crippen LogP contribution in [0.25, 0.3) is 0 Å². The van der Waals surface area contributed by atoms with Gasteiger partial charge in [0.05, 0.1) is 11.2 Å². The largest absolute Gasteiger partial charge is 0.399 e. The predicted molar refractivity (Wildman–Crippen MR) is 85.6 cm³/mol. The molecule has 0 radical (unpaired) electrons. The fourth-order valence-corrected chi connectivity index (χ4v) is 4.79.